The first-order valence-corrected chi connectivity index (χ1v) is 7.11. The van der Waals surface area contributed by atoms with Gasteiger partial charge >= 0.3 is 0 Å². The van der Waals surface area contributed by atoms with Crippen LogP contribution in [0.15, 0.2) is 0 Å². The van der Waals surface area contributed by atoms with Crippen LogP contribution in [-0.4, -0.2) is 37.7 Å². The van der Waals surface area contributed by atoms with E-state index in [-0.39, 0.29) is 24.4 Å². The summed E-state index contributed by atoms with van der Waals surface area (Å²) in [6.45, 7) is 8.98. The molecule has 0 aromatic carbocycles. The van der Waals surface area contributed by atoms with Gasteiger partial charge in [0.05, 0.1) is 6.61 Å². The minimum Gasteiger partial charge on any atom is -0.366 e. The van der Waals surface area contributed by atoms with Crippen molar-refractivity contribution in [1.29, 1.82) is 0 Å². The topological polar surface area (TPSA) is 50.4 Å². The molecular formula is C14H27ClN2O2. The van der Waals surface area contributed by atoms with Crippen LogP contribution >= 0.6 is 12.4 Å². The van der Waals surface area contributed by atoms with Gasteiger partial charge in [-0.05, 0) is 30.6 Å². The zero-order valence-corrected chi connectivity index (χ0v) is 13.0. The van der Waals surface area contributed by atoms with Gasteiger partial charge in [-0.15, -0.1) is 12.4 Å². The Bertz CT molecular complexity index is 304. The Balaban J connectivity index is 0.00000180. The highest BCUT2D eigenvalue weighted by Gasteiger charge is 2.34. The molecule has 2 rings (SSSR count). The first kappa shape index (κ1) is 16.7. The van der Waals surface area contributed by atoms with Crippen molar-refractivity contribution in [3.8, 4) is 0 Å². The number of amides is 1. The van der Waals surface area contributed by atoms with Gasteiger partial charge in [-0.2, -0.15) is 0 Å². The van der Waals surface area contributed by atoms with E-state index in [1.807, 2.05) is 0 Å². The molecule has 0 bridgehead atoms. The van der Waals surface area contributed by atoms with Gasteiger partial charge < -0.3 is 15.4 Å². The van der Waals surface area contributed by atoms with E-state index in [2.05, 4.69) is 31.4 Å². The predicted octanol–water partition coefficient (Wildman–Crippen LogP) is 1.73. The second-order valence-corrected chi connectivity index (χ2v) is 6.56. The molecule has 2 N–H and O–H groups in total. The van der Waals surface area contributed by atoms with Gasteiger partial charge in [0.15, 0.2) is 0 Å². The summed E-state index contributed by atoms with van der Waals surface area (Å²) in [5.41, 5.74) is 0.420. The number of hydrogen-bond donors (Lipinski definition) is 2. The van der Waals surface area contributed by atoms with E-state index < -0.39 is 0 Å². The molecule has 1 aliphatic heterocycles. The third-order valence-electron chi connectivity index (χ3n) is 4.24. The average molecular weight is 291 g/mol. The molecule has 3 atom stereocenters. The van der Waals surface area contributed by atoms with E-state index in [1.54, 1.807) is 0 Å². The lowest BCUT2D eigenvalue weighted by Gasteiger charge is -2.40. The summed E-state index contributed by atoms with van der Waals surface area (Å²) in [6, 6.07) is 0.316. The molecule has 0 radical (unpaired) electrons. The van der Waals surface area contributed by atoms with Crippen molar-refractivity contribution < 1.29 is 9.53 Å². The molecule has 0 spiro atoms. The SMILES string of the molecule is CC1CC(C)(C)CCC1NC(=O)C1CNCCO1.Cl. The lowest BCUT2D eigenvalue weighted by Crippen LogP contribution is -2.52. The van der Waals surface area contributed by atoms with Crippen LogP contribution in [0.3, 0.4) is 0 Å². The molecule has 1 saturated heterocycles. The normalized spacial score (nSPS) is 34.2. The molecular weight excluding hydrogens is 264 g/mol. The van der Waals surface area contributed by atoms with Gasteiger partial charge in [-0.1, -0.05) is 20.8 Å². The number of rotatable bonds is 2. The summed E-state index contributed by atoms with van der Waals surface area (Å²) in [7, 11) is 0. The summed E-state index contributed by atoms with van der Waals surface area (Å²) in [5.74, 6) is 0.605. The minimum atomic E-state index is -0.305. The standard InChI is InChI=1S/C14H26N2O2.ClH/c1-10-8-14(2,3)5-4-11(10)16-13(17)12-9-15-6-7-18-12;/h10-12,15H,4-9H2,1-3H3,(H,16,17);1H. The van der Waals surface area contributed by atoms with Crippen molar-refractivity contribution in [3.63, 3.8) is 0 Å². The molecule has 3 unspecified atom stereocenters. The summed E-state index contributed by atoms with van der Waals surface area (Å²) < 4.78 is 5.48. The molecule has 2 fully saturated rings. The number of nitrogens with one attached hydrogen (secondary N) is 2. The van der Waals surface area contributed by atoms with Crippen LogP contribution in [0.5, 0.6) is 0 Å². The largest absolute Gasteiger partial charge is 0.366 e. The fourth-order valence-electron chi connectivity index (χ4n) is 3.17. The van der Waals surface area contributed by atoms with Gasteiger partial charge in [0.25, 0.3) is 5.91 Å². The number of morpholine rings is 1. The number of carbonyl (C=O) groups is 1. The van der Waals surface area contributed by atoms with Gasteiger partial charge in [0.2, 0.25) is 0 Å². The smallest absolute Gasteiger partial charge is 0.250 e. The maximum atomic E-state index is 12.1. The van der Waals surface area contributed by atoms with Crippen molar-refractivity contribution in [2.45, 2.75) is 52.2 Å². The highest BCUT2D eigenvalue weighted by atomic mass is 35.5. The number of halogens is 1. The first-order chi connectivity index (χ1) is 8.48. The second-order valence-electron chi connectivity index (χ2n) is 6.56. The molecule has 0 aromatic rings. The van der Waals surface area contributed by atoms with Crippen LogP contribution in [0.25, 0.3) is 0 Å². The molecule has 1 heterocycles. The van der Waals surface area contributed by atoms with Crippen molar-refractivity contribution in [3.05, 3.63) is 0 Å². The summed E-state index contributed by atoms with van der Waals surface area (Å²) >= 11 is 0. The van der Waals surface area contributed by atoms with Gasteiger partial charge in [0, 0.05) is 19.1 Å². The lowest BCUT2D eigenvalue weighted by molar-refractivity contribution is -0.135. The van der Waals surface area contributed by atoms with E-state index in [4.69, 9.17) is 4.74 Å². The van der Waals surface area contributed by atoms with Crippen LogP contribution in [0.4, 0.5) is 0 Å². The van der Waals surface area contributed by atoms with E-state index in [1.165, 1.54) is 12.8 Å². The zero-order chi connectivity index (χ0) is 13.2. The van der Waals surface area contributed by atoms with Crippen LogP contribution in [0.2, 0.25) is 0 Å². The molecule has 1 saturated carbocycles. The quantitative estimate of drug-likeness (QED) is 0.814. The van der Waals surface area contributed by atoms with Crippen molar-refractivity contribution >= 4 is 18.3 Å². The summed E-state index contributed by atoms with van der Waals surface area (Å²) in [6.07, 6.45) is 3.15. The Morgan fingerprint density at radius 2 is 2.16 bits per heavy atom. The number of ether oxygens (including phenoxy) is 1. The summed E-state index contributed by atoms with van der Waals surface area (Å²) in [5, 5.41) is 6.36. The molecule has 5 heteroatoms. The molecule has 4 nitrogen and oxygen atoms in total. The van der Waals surface area contributed by atoms with Crippen LogP contribution in [-0.2, 0) is 9.53 Å². The first-order valence-electron chi connectivity index (χ1n) is 7.11. The van der Waals surface area contributed by atoms with Crippen LogP contribution in [0, 0.1) is 11.3 Å². The monoisotopic (exact) mass is 290 g/mol. The molecule has 19 heavy (non-hydrogen) atoms. The Hall–Kier alpha value is -0.320. The average Bonchev–Trinajstić information content (AvgIpc) is 2.33. The van der Waals surface area contributed by atoms with Gasteiger partial charge in [-0.25, -0.2) is 0 Å². The second kappa shape index (κ2) is 6.91. The minimum absolute atomic E-state index is 0. The maximum absolute atomic E-state index is 12.1. The van der Waals surface area contributed by atoms with E-state index in [9.17, 15) is 4.79 Å². The Morgan fingerprint density at radius 3 is 2.74 bits per heavy atom. The highest BCUT2D eigenvalue weighted by molar-refractivity contribution is 5.85. The zero-order valence-electron chi connectivity index (χ0n) is 12.2. The van der Waals surface area contributed by atoms with Gasteiger partial charge in [0.1, 0.15) is 6.10 Å². The Labute approximate surface area is 122 Å². The molecule has 2 aliphatic rings. The van der Waals surface area contributed by atoms with Crippen LogP contribution < -0.4 is 10.6 Å². The number of hydrogen-bond acceptors (Lipinski definition) is 3. The lowest BCUT2D eigenvalue weighted by atomic mass is 9.70. The van der Waals surface area contributed by atoms with Crippen molar-refractivity contribution in [2.24, 2.45) is 11.3 Å². The summed E-state index contributed by atoms with van der Waals surface area (Å²) in [4.78, 5) is 12.1. The Kier molecular flexibility index (Phi) is 6.09. The Morgan fingerprint density at radius 1 is 1.42 bits per heavy atom. The molecule has 1 aliphatic carbocycles. The van der Waals surface area contributed by atoms with Crippen molar-refractivity contribution in [1.82, 2.24) is 10.6 Å². The third kappa shape index (κ3) is 4.62. The van der Waals surface area contributed by atoms with Gasteiger partial charge in [-0.3, -0.25) is 4.79 Å². The predicted molar refractivity (Wildman–Crippen MR) is 78.6 cm³/mol. The molecule has 1 amide bonds. The van der Waals surface area contributed by atoms with Crippen LogP contribution in [0.1, 0.15) is 40.0 Å². The molecule has 112 valence electrons. The third-order valence-corrected chi connectivity index (χ3v) is 4.24. The van der Waals surface area contributed by atoms with E-state index >= 15 is 0 Å². The van der Waals surface area contributed by atoms with Crippen molar-refractivity contribution in [2.75, 3.05) is 19.7 Å². The van der Waals surface area contributed by atoms with E-state index in [0.717, 1.165) is 13.0 Å². The maximum Gasteiger partial charge on any atom is 0.250 e. The molecule has 0 aromatic heterocycles. The highest BCUT2D eigenvalue weighted by Crippen LogP contribution is 2.38. The fraction of sp³-hybridized carbons (Fsp3) is 0.929. The van der Waals surface area contributed by atoms with E-state index in [0.29, 0.717) is 30.5 Å². The number of carbonyl (C=O) groups excluding carboxylic acids is 1. The fourth-order valence-corrected chi connectivity index (χ4v) is 3.17.